The van der Waals surface area contributed by atoms with E-state index in [0.717, 1.165) is 0 Å². The van der Waals surface area contributed by atoms with Gasteiger partial charge in [0.15, 0.2) is 5.82 Å². The second kappa shape index (κ2) is 4.89. The SMILES string of the molecule is O=c1[nH]c(-c2cn[nH]n2)nc(O)c1-c1ccccc1Br. The summed E-state index contributed by atoms with van der Waals surface area (Å²) in [5, 5.41) is 19.9. The predicted octanol–water partition coefficient (Wildman–Crippen LogP) is 1.69. The van der Waals surface area contributed by atoms with Crippen molar-refractivity contribution in [3.05, 3.63) is 45.3 Å². The van der Waals surface area contributed by atoms with Crippen molar-refractivity contribution in [1.82, 2.24) is 25.4 Å². The molecule has 8 heteroatoms. The number of aromatic amines is 2. The first-order valence-corrected chi connectivity index (χ1v) is 6.40. The summed E-state index contributed by atoms with van der Waals surface area (Å²) in [6.07, 6.45) is 1.40. The van der Waals surface area contributed by atoms with Gasteiger partial charge in [-0.2, -0.15) is 20.4 Å². The highest BCUT2D eigenvalue weighted by Gasteiger charge is 2.16. The largest absolute Gasteiger partial charge is 0.493 e. The molecular formula is C12H8BrN5O2. The number of nitrogens with one attached hydrogen (secondary N) is 2. The van der Waals surface area contributed by atoms with Crippen LogP contribution in [0.4, 0.5) is 0 Å². The summed E-state index contributed by atoms with van der Waals surface area (Å²) < 4.78 is 0.691. The third kappa shape index (κ3) is 2.10. The van der Waals surface area contributed by atoms with Gasteiger partial charge in [0.2, 0.25) is 5.88 Å². The van der Waals surface area contributed by atoms with Crippen molar-refractivity contribution < 1.29 is 5.11 Å². The maximum atomic E-state index is 12.2. The summed E-state index contributed by atoms with van der Waals surface area (Å²) in [6.45, 7) is 0. The fourth-order valence-electron chi connectivity index (χ4n) is 1.81. The van der Waals surface area contributed by atoms with Gasteiger partial charge in [-0.1, -0.05) is 34.1 Å². The van der Waals surface area contributed by atoms with Gasteiger partial charge in [0.25, 0.3) is 5.56 Å². The molecular weight excluding hydrogens is 326 g/mol. The minimum Gasteiger partial charge on any atom is -0.493 e. The summed E-state index contributed by atoms with van der Waals surface area (Å²) >= 11 is 3.34. The predicted molar refractivity (Wildman–Crippen MR) is 75.0 cm³/mol. The Morgan fingerprint density at radius 3 is 2.70 bits per heavy atom. The van der Waals surface area contributed by atoms with E-state index in [4.69, 9.17) is 0 Å². The maximum Gasteiger partial charge on any atom is 0.263 e. The van der Waals surface area contributed by atoms with Gasteiger partial charge in [-0.05, 0) is 6.07 Å². The number of aromatic nitrogens is 5. The van der Waals surface area contributed by atoms with Gasteiger partial charge in [0, 0.05) is 10.0 Å². The van der Waals surface area contributed by atoms with Crippen LogP contribution in [0.2, 0.25) is 0 Å². The Kier molecular flexibility index (Phi) is 3.07. The van der Waals surface area contributed by atoms with E-state index in [0.29, 0.717) is 15.7 Å². The Labute approximate surface area is 120 Å². The first kappa shape index (κ1) is 12.5. The molecule has 0 atom stereocenters. The number of aromatic hydroxyl groups is 1. The Balaban J connectivity index is 2.20. The van der Waals surface area contributed by atoms with E-state index >= 15 is 0 Å². The second-order valence-electron chi connectivity index (χ2n) is 3.95. The lowest BCUT2D eigenvalue weighted by molar-refractivity contribution is 0.454. The first-order chi connectivity index (χ1) is 9.66. The zero-order valence-corrected chi connectivity index (χ0v) is 11.5. The molecule has 0 aliphatic rings. The summed E-state index contributed by atoms with van der Waals surface area (Å²) in [4.78, 5) is 18.7. The van der Waals surface area contributed by atoms with E-state index in [9.17, 15) is 9.90 Å². The summed E-state index contributed by atoms with van der Waals surface area (Å²) in [6, 6.07) is 7.08. The van der Waals surface area contributed by atoms with E-state index in [-0.39, 0.29) is 17.3 Å². The summed E-state index contributed by atoms with van der Waals surface area (Å²) in [5.41, 5.74) is 0.550. The van der Waals surface area contributed by atoms with Crippen molar-refractivity contribution in [3.63, 3.8) is 0 Å². The Morgan fingerprint density at radius 2 is 2.05 bits per heavy atom. The van der Waals surface area contributed by atoms with Crippen LogP contribution in [0.1, 0.15) is 0 Å². The van der Waals surface area contributed by atoms with Gasteiger partial charge < -0.3 is 10.1 Å². The van der Waals surface area contributed by atoms with Gasteiger partial charge >= 0.3 is 0 Å². The number of rotatable bonds is 2. The molecule has 0 saturated heterocycles. The number of H-pyrrole nitrogens is 2. The van der Waals surface area contributed by atoms with E-state index in [1.165, 1.54) is 6.20 Å². The molecule has 0 spiro atoms. The minimum atomic E-state index is -0.456. The van der Waals surface area contributed by atoms with Crippen LogP contribution in [0, 0.1) is 0 Å². The van der Waals surface area contributed by atoms with E-state index in [2.05, 4.69) is 41.3 Å². The molecule has 3 aromatic rings. The normalized spacial score (nSPS) is 10.7. The summed E-state index contributed by atoms with van der Waals surface area (Å²) in [5.74, 6) is -0.212. The molecule has 100 valence electrons. The number of hydrogen-bond donors (Lipinski definition) is 3. The molecule has 0 aliphatic heterocycles. The molecule has 20 heavy (non-hydrogen) atoms. The van der Waals surface area contributed by atoms with Crippen LogP contribution >= 0.6 is 15.9 Å². The van der Waals surface area contributed by atoms with Crippen LogP contribution in [0.3, 0.4) is 0 Å². The third-order valence-corrected chi connectivity index (χ3v) is 3.39. The number of halogens is 1. The van der Waals surface area contributed by atoms with E-state index in [1.807, 2.05) is 6.07 Å². The highest BCUT2D eigenvalue weighted by Crippen LogP contribution is 2.30. The molecule has 0 fully saturated rings. The molecule has 7 nitrogen and oxygen atoms in total. The van der Waals surface area contributed by atoms with Crippen molar-refractivity contribution in [2.24, 2.45) is 0 Å². The minimum absolute atomic E-state index is 0.102. The molecule has 0 bridgehead atoms. The van der Waals surface area contributed by atoms with Crippen molar-refractivity contribution in [1.29, 1.82) is 0 Å². The standard InChI is InChI=1S/C12H8BrN5O2/c13-7-4-2-1-3-6(7)9-11(19)15-10(16-12(9)20)8-5-14-18-17-8/h1-5H,(H,14,17,18)(H2,15,16,19,20). The van der Waals surface area contributed by atoms with Crippen molar-refractivity contribution in [3.8, 4) is 28.5 Å². The smallest absolute Gasteiger partial charge is 0.263 e. The zero-order chi connectivity index (χ0) is 14.1. The molecule has 3 rings (SSSR count). The Morgan fingerprint density at radius 1 is 1.25 bits per heavy atom. The monoisotopic (exact) mass is 333 g/mol. The molecule has 0 saturated carbocycles. The Bertz CT molecular complexity index is 813. The third-order valence-electron chi connectivity index (χ3n) is 2.70. The molecule has 0 unspecified atom stereocenters. The molecule has 1 aromatic carbocycles. The average molecular weight is 334 g/mol. The maximum absolute atomic E-state index is 12.2. The van der Waals surface area contributed by atoms with Gasteiger partial charge in [-0.15, -0.1) is 0 Å². The van der Waals surface area contributed by atoms with Gasteiger partial charge in [-0.3, -0.25) is 4.79 Å². The van der Waals surface area contributed by atoms with Gasteiger partial charge in [0.1, 0.15) is 11.3 Å². The first-order valence-electron chi connectivity index (χ1n) is 5.61. The summed E-state index contributed by atoms with van der Waals surface area (Å²) in [7, 11) is 0. The molecule has 0 radical (unpaired) electrons. The molecule has 3 N–H and O–H groups in total. The Hall–Kier alpha value is -2.48. The average Bonchev–Trinajstić information content (AvgIpc) is 2.94. The number of benzene rings is 1. The van der Waals surface area contributed by atoms with Crippen LogP contribution in [-0.2, 0) is 0 Å². The molecule has 0 amide bonds. The van der Waals surface area contributed by atoms with Crippen molar-refractivity contribution in [2.45, 2.75) is 0 Å². The quantitative estimate of drug-likeness (QED) is 0.661. The van der Waals surface area contributed by atoms with Gasteiger partial charge in [0.05, 0.1) is 6.20 Å². The van der Waals surface area contributed by atoms with Crippen LogP contribution in [0.15, 0.2) is 39.7 Å². The second-order valence-corrected chi connectivity index (χ2v) is 4.80. The molecule has 2 heterocycles. The number of nitrogens with zero attached hydrogens (tertiary/aromatic N) is 3. The zero-order valence-electron chi connectivity index (χ0n) is 9.96. The van der Waals surface area contributed by atoms with Crippen LogP contribution in [-0.4, -0.2) is 30.5 Å². The highest BCUT2D eigenvalue weighted by atomic mass is 79.9. The molecule has 0 aliphatic carbocycles. The lowest BCUT2D eigenvalue weighted by atomic mass is 10.1. The van der Waals surface area contributed by atoms with Crippen molar-refractivity contribution in [2.75, 3.05) is 0 Å². The van der Waals surface area contributed by atoms with Crippen LogP contribution in [0.5, 0.6) is 5.88 Å². The fraction of sp³-hybridized carbons (Fsp3) is 0. The fourth-order valence-corrected chi connectivity index (χ4v) is 2.29. The highest BCUT2D eigenvalue weighted by molar-refractivity contribution is 9.10. The lowest BCUT2D eigenvalue weighted by Gasteiger charge is -2.06. The van der Waals surface area contributed by atoms with Gasteiger partial charge in [-0.25, -0.2) is 0 Å². The van der Waals surface area contributed by atoms with Crippen LogP contribution < -0.4 is 5.56 Å². The van der Waals surface area contributed by atoms with Crippen molar-refractivity contribution >= 4 is 15.9 Å². The number of hydrogen-bond acceptors (Lipinski definition) is 5. The lowest BCUT2D eigenvalue weighted by Crippen LogP contribution is -2.12. The van der Waals surface area contributed by atoms with E-state index in [1.54, 1.807) is 18.2 Å². The van der Waals surface area contributed by atoms with E-state index < -0.39 is 5.56 Å². The van der Waals surface area contributed by atoms with Crippen LogP contribution in [0.25, 0.3) is 22.6 Å². The topological polar surface area (TPSA) is 108 Å². The molecule has 2 aromatic heterocycles.